The van der Waals surface area contributed by atoms with Gasteiger partial charge in [-0.2, -0.15) is 9.82 Å². The third kappa shape index (κ3) is 9.92. The van der Waals surface area contributed by atoms with Crippen molar-refractivity contribution in [2.24, 2.45) is 18.9 Å². The second-order valence-electron chi connectivity index (χ2n) is 11.7. The second kappa shape index (κ2) is 14.6. The number of hydrogen-bond acceptors (Lipinski definition) is 7. The first-order chi connectivity index (χ1) is 19.7. The molecule has 2 aromatic heterocycles. The molecule has 2 N–H and O–H groups in total. The second-order valence-corrected chi connectivity index (χ2v) is 15.3. The Bertz CT molecular complexity index is 1510. The first kappa shape index (κ1) is 33.8. The highest BCUT2D eigenvalue weighted by Gasteiger charge is 2.30. The number of fused-ring (bicyclic) bond motifs is 1. The van der Waals surface area contributed by atoms with Gasteiger partial charge in [0.2, 0.25) is 26.0 Å². The normalized spacial score (nSPS) is 13.3. The summed E-state index contributed by atoms with van der Waals surface area (Å²) in [7, 11) is -5.72. The number of amides is 1. The van der Waals surface area contributed by atoms with Crippen LogP contribution < -0.4 is 9.44 Å². The van der Waals surface area contributed by atoms with E-state index in [4.69, 9.17) is 4.42 Å². The molecule has 1 aromatic carbocycles. The molecule has 234 valence electrons. The van der Waals surface area contributed by atoms with Crippen molar-refractivity contribution in [2.75, 3.05) is 25.4 Å². The fourth-order valence-electron chi connectivity index (χ4n) is 4.73. The maximum Gasteiger partial charge on any atom is 0.241 e. The first-order valence-electron chi connectivity index (χ1n) is 14.4. The summed E-state index contributed by atoms with van der Waals surface area (Å²) in [6, 6.07) is 7.12. The number of hydrogen-bond donors (Lipinski definition) is 2. The monoisotopic (exact) mass is 623 g/mol. The molecular formula is C29H45N5O6S2. The van der Waals surface area contributed by atoms with Gasteiger partial charge < -0.3 is 9.32 Å². The van der Waals surface area contributed by atoms with E-state index in [-0.39, 0.29) is 41.4 Å². The van der Waals surface area contributed by atoms with Crippen LogP contribution in [0.5, 0.6) is 0 Å². The molecule has 0 fully saturated rings. The van der Waals surface area contributed by atoms with Gasteiger partial charge in [-0.15, -0.1) is 0 Å². The summed E-state index contributed by atoms with van der Waals surface area (Å²) in [5.41, 5.74) is 2.24. The number of carbonyl (C=O) groups excluding carboxylic acids is 1. The van der Waals surface area contributed by atoms with Gasteiger partial charge in [-0.25, -0.2) is 21.6 Å². The zero-order valence-corrected chi connectivity index (χ0v) is 27.1. The number of aromatic nitrogens is 2. The molecule has 0 aliphatic rings. The number of carbonyl (C=O) groups is 1. The molecule has 1 atom stereocenters. The van der Waals surface area contributed by atoms with Crippen LogP contribution in [0.4, 0.5) is 0 Å². The molecule has 0 saturated carbocycles. The number of nitrogens with zero attached hydrogens (tertiary/aromatic N) is 3. The summed E-state index contributed by atoms with van der Waals surface area (Å²) in [6.07, 6.45) is 2.92. The van der Waals surface area contributed by atoms with E-state index in [1.165, 1.54) is 18.4 Å². The van der Waals surface area contributed by atoms with Gasteiger partial charge in [0.25, 0.3) is 0 Å². The van der Waals surface area contributed by atoms with Crippen LogP contribution in [0.15, 0.2) is 45.9 Å². The van der Waals surface area contributed by atoms with Gasteiger partial charge in [0.15, 0.2) is 0 Å². The average molecular weight is 624 g/mol. The third-order valence-electron chi connectivity index (χ3n) is 6.85. The Morgan fingerprint density at radius 3 is 2.33 bits per heavy atom. The van der Waals surface area contributed by atoms with Gasteiger partial charge >= 0.3 is 0 Å². The largest absolute Gasteiger partial charge is 0.464 e. The molecule has 0 bridgehead atoms. The Kier molecular flexibility index (Phi) is 11.8. The number of unbranched alkanes of at least 4 members (excludes halogenated alkanes) is 1. The first-order valence-corrected chi connectivity index (χ1v) is 17.6. The molecule has 13 heteroatoms. The van der Waals surface area contributed by atoms with Crippen LogP contribution in [0.25, 0.3) is 11.0 Å². The maximum absolute atomic E-state index is 13.7. The lowest BCUT2D eigenvalue weighted by Gasteiger charge is -2.30. The van der Waals surface area contributed by atoms with E-state index < -0.39 is 26.1 Å². The van der Waals surface area contributed by atoms with E-state index in [0.29, 0.717) is 49.0 Å². The van der Waals surface area contributed by atoms with E-state index in [1.54, 1.807) is 21.7 Å². The van der Waals surface area contributed by atoms with Crippen molar-refractivity contribution in [1.29, 1.82) is 0 Å². The van der Waals surface area contributed by atoms with Crippen LogP contribution in [0.3, 0.4) is 0 Å². The fraction of sp³-hybridized carbons (Fsp3) is 0.586. The topological polar surface area (TPSA) is 144 Å². The van der Waals surface area contributed by atoms with Crippen molar-refractivity contribution in [3.8, 4) is 0 Å². The lowest BCUT2D eigenvalue weighted by molar-refractivity contribution is -0.134. The van der Waals surface area contributed by atoms with Crippen molar-refractivity contribution in [2.45, 2.75) is 71.2 Å². The maximum atomic E-state index is 13.7. The van der Waals surface area contributed by atoms with E-state index in [9.17, 15) is 21.6 Å². The van der Waals surface area contributed by atoms with Crippen molar-refractivity contribution >= 4 is 36.9 Å². The highest BCUT2D eigenvalue weighted by atomic mass is 32.2. The Hall–Kier alpha value is -2.74. The van der Waals surface area contributed by atoms with Crippen LogP contribution >= 0.6 is 0 Å². The smallest absolute Gasteiger partial charge is 0.241 e. The van der Waals surface area contributed by atoms with E-state index >= 15 is 0 Å². The number of benzene rings is 1. The summed E-state index contributed by atoms with van der Waals surface area (Å²) >= 11 is 0. The molecule has 0 saturated heterocycles. The van der Waals surface area contributed by atoms with Crippen LogP contribution in [-0.2, 0) is 38.3 Å². The van der Waals surface area contributed by atoms with E-state index in [0.717, 1.165) is 5.69 Å². The minimum absolute atomic E-state index is 0.0457. The van der Waals surface area contributed by atoms with Crippen LogP contribution in [0.1, 0.15) is 58.3 Å². The zero-order chi connectivity index (χ0) is 31.1. The van der Waals surface area contributed by atoms with Crippen LogP contribution in [-0.4, -0.2) is 68.9 Å². The Morgan fingerprint density at radius 2 is 1.71 bits per heavy atom. The SMILES string of the molecule is Cc1cc(CCS(=O)(=O)NCCCC[C@H](NS(=O)(=O)c2ccc3occc3c2)C(=O)N(CC(C)C)CC(C)C)nn1C. The molecule has 0 aliphatic carbocycles. The summed E-state index contributed by atoms with van der Waals surface area (Å²) in [6.45, 7) is 11.2. The number of sulfonamides is 2. The molecule has 11 nitrogen and oxygen atoms in total. The summed E-state index contributed by atoms with van der Waals surface area (Å²) in [4.78, 5) is 15.5. The molecule has 0 radical (unpaired) electrons. The van der Waals surface area contributed by atoms with Crippen molar-refractivity contribution in [3.63, 3.8) is 0 Å². The van der Waals surface area contributed by atoms with Gasteiger partial charge in [0, 0.05) is 44.2 Å². The van der Waals surface area contributed by atoms with E-state index in [1.807, 2.05) is 47.7 Å². The predicted octanol–water partition coefficient (Wildman–Crippen LogP) is 3.59. The quantitative estimate of drug-likeness (QED) is 0.219. The molecule has 3 rings (SSSR count). The third-order valence-corrected chi connectivity index (χ3v) is 9.70. The minimum Gasteiger partial charge on any atom is -0.464 e. The number of rotatable bonds is 17. The predicted molar refractivity (Wildman–Crippen MR) is 164 cm³/mol. The molecule has 0 spiro atoms. The summed E-state index contributed by atoms with van der Waals surface area (Å²) < 4.78 is 64.1. The Morgan fingerprint density at radius 1 is 1.02 bits per heavy atom. The van der Waals surface area contributed by atoms with Crippen LogP contribution in [0.2, 0.25) is 0 Å². The van der Waals surface area contributed by atoms with Crippen LogP contribution in [0, 0.1) is 18.8 Å². The van der Waals surface area contributed by atoms with Crippen molar-refractivity contribution in [3.05, 3.63) is 48.0 Å². The highest BCUT2D eigenvalue weighted by Crippen LogP contribution is 2.21. The summed E-state index contributed by atoms with van der Waals surface area (Å²) in [5.74, 6) is 0.0531. The zero-order valence-electron chi connectivity index (χ0n) is 25.5. The van der Waals surface area contributed by atoms with Gasteiger partial charge in [0.05, 0.1) is 22.6 Å². The lowest BCUT2D eigenvalue weighted by Crippen LogP contribution is -2.50. The molecule has 0 aliphatic heterocycles. The Balaban J connectivity index is 1.66. The van der Waals surface area contributed by atoms with Gasteiger partial charge in [-0.1, -0.05) is 34.1 Å². The molecule has 2 heterocycles. The average Bonchev–Trinajstić information content (AvgIpc) is 3.50. The number of aryl methyl sites for hydroxylation is 3. The molecular weight excluding hydrogens is 578 g/mol. The lowest BCUT2D eigenvalue weighted by atomic mass is 10.1. The van der Waals surface area contributed by atoms with E-state index in [2.05, 4.69) is 14.5 Å². The molecule has 3 aromatic rings. The van der Waals surface area contributed by atoms with Gasteiger partial charge in [0.1, 0.15) is 11.6 Å². The van der Waals surface area contributed by atoms with Crippen molar-refractivity contribution < 1.29 is 26.0 Å². The van der Waals surface area contributed by atoms with Gasteiger partial charge in [-0.05, 0) is 61.9 Å². The summed E-state index contributed by atoms with van der Waals surface area (Å²) in [5, 5.41) is 4.95. The molecule has 0 unspecified atom stereocenters. The molecule has 1 amide bonds. The Labute approximate surface area is 250 Å². The number of nitrogens with one attached hydrogen (secondary N) is 2. The fourth-order valence-corrected chi connectivity index (χ4v) is 7.06. The minimum atomic E-state index is -4.02. The molecule has 42 heavy (non-hydrogen) atoms. The van der Waals surface area contributed by atoms with Gasteiger partial charge in [-0.3, -0.25) is 9.48 Å². The van der Waals surface area contributed by atoms with Crippen molar-refractivity contribution in [1.82, 2.24) is 24.1 Å². The standard InChI is InChI=1S/C29H45N5O6S2/c1-21(2)19-34(20-22(3)4)29(35)27(32-42(38,39)26-10-11-28-24(18-26)12-15-40-28)9-7-8-14-30-41(36,37)16-13-25-17-23(5)33(6)31-25/h10-12,15,17-18,21-22,27,30,32H,7-9,13-14,16,19-20H2,1-6H3/t27-/m0/s1. The highest BCUT2D eigenvalue weighted by molar-refractivity contribution is 7.89. The number of furan rings is 1.